The molecule has 4 heterocycles. The molecular formula is C45H27N5S. The third-order valence-electron chi connectivity index (χ3n) is 9.99. The lowest BCUT2D eigenvalue weighted by atomic mass is 10.1. The SMILES string of the molecule is c1ccc(-c2nc(-c3ccc4c5ccccc5n(-c5ccc6sc7ccccc7c6c5)c4c3)nc(-n3c4ccccc4c4ccccc43)n2)cc1. The normalized spacial score (nSPS) is 11.9. The van der Waals surface area contributed by atoms with Crippen molar-refractivity contribution in [1.82, 2.24) is 24.1 Å². The maximum absolute atomic E-state index is 5.24. The molecule has 51 heavy (non-hydrogen) atoms. The van der Waals surface area contributed by atoms with Gasteiger partial charge in [0.2, 0.25) is 5.95 Å². The van der Waals surface area contributed by atoms with Crippen LogP contribution in [-0.4, -0.2) is 24.1 Å². The second-order valence-corrected chi connectivity index (χ2v) is 14.0. The van der Waals surface area contributed by atoms with E-state index in [9.17, 15) is 0 Å². The van der Waals surface area contributed by atoms with Crippen LogP contribution in [0.25, 0.3) is 98.2 Å². The molecule has 0 N–H and O–H groups in total. The Kier molecular flexibility index (Phi) is 6.05. The number of hydrogen-bond acceptors (Lipinski definition) is 4. The van der Waals surface area contributed by atoms with Crippen LogP contribution >= 0.6 is 11.3 Å². The molecule has 0 bridgehead atoms. The summed E-state index contributed by atoms with van der Waals surface area (Å²) in [6.45, 7) is 0. The first-order chi connectivity index (χ1) is 25.3. The number of aromatic nitrogens is 5. The summed E-state index contributed by atoms with van der Waals surface area (Å²) in [4.78, 5) is 15.5. The fourth-order valence-corrected chi connectivity index (χ4v) is 8.78. The van der Waals surface area contributed by atoms with Crippen LogP contribution in [-0.2, 0) is 0 Å². The van der Waals surface area contributed by atoms with Gasteiger partial charge in [-0.1, -0.05) is 115 Å². The largest absolute Gasteiger partial charge is 0.309 e. The number of thiophene rings is 1. The van der Waals surface area contributed by atoms with Crippen molar-refractivity contribution in [2.45, 2.75) is 0 Å². The van der Waals surface area contributed by atoms with Crippen LogP contribution in [0.15, 0.2) is 164 Å². The molecule has 11 aromatic rings. The van der Waals surface area contributed by atoms with Gasteiger partial charge < -0.3 is 4.57 Å². The number of fused-ring (bicyclic) bond motifs is 9. The van der Waals surface area contributed by atoms with E-state index in [-0.39, 0.29) is 0 Å². The van der Waals surface area contributed by atoms with Crippen molar-refractivity contribution in [2.75, 3.05) is 0 Å². The van der Waals surface area contributed by atoms with E-state index in [1.807, 2.05) is 29.5 Å². The van der Waals surface area contributed by atoms with Crippen molar-refractivity contribution in [2.24, 2.45) is 0 Å². The molecule has 0 aliphatic rings. The summed E-state index contributed by atoms with van der Waals surface area (Å²) in [5.74, 6) is 1.85. The lowest BCUT2D eigenvalue weighted by Gasteiger charge is -2.12. The zero-order chi connectivity index (χ0) is 33.5. The molecule has 0 atom stereocenters. The predicted octanol–water partition coefficient (Wildman–Crippen LogP) is 11.8. The summed E-state index contributed by atoms with van der Waals surface area (Å²) in [5.41, 5.74) is 7.37. The quantitative estimate of drug-likeness (QED) is 0.187. The molecule has 0 fully saturated rings. The molecule has 5 nitrogen and oxygen atoms in total. The number of nitrogens with zero attached hydrogens (tertiary/aromatic N) is 5. The molecule has 0 amide bonds. The first kappa shape index (κ1) is 28.2. The smallest absolute Gasteiger partial charge is 0.238 e. The van der Waals surface area contributed by atoms with E-state index in [0.717, 1.165) is 49.7 Å². The Morgan fingerprint density at radius 3 is 1.61 bits per heavy atom. The number of para-hydroxylation sites is 3. The van der Waals surface area contributed by atoms with E-state index < -0.39 is 0 Å². The van der Waals surface area contributed by atoms with Crippen molar-refractivity contribution < 1.29 is 0 Å². The van der Waals surface area contributed by atoms with Gasteiger partial charge in [0, 0.05) is 58.5 Å². The zero-order valence-corrected chi connectivity index (χ0v) is 28.0. The standard InChI is InChI=1S/C45H27N5S/c1-2-12-28(13-3-1)43-46-44(48-45(47-43)50-38-19-9-5-14-31(38)32-15-6-10-20-39(32)50)29-22-24-34-33-16-4-8-18-37(33)49(40(34)26-29)30-23-25-42-36(27-30)35-17-7-11-21-41(35)51-42/h1-27H. The number of benzene rings is 7. The molecule has 4 aromatic heterocycles. The monoisotopic (exact) mass is 669 g/mol. The topological polar surface area (TPSA) is 48.5 Å². The summed E-state index contributed by atoms with van der Waals surface area (Å²) in [5, 5.41) is 7.29. The number of hydrogen-bond donors (Lipinski definition) is 0. The molecule has 0 aliphatic carbocycles. The van der Waals surface area contributed by atoms with Crippen LogP contribution in [0.5, 0.6) is 0 Å². The first-order valence-electron chi connectivity index (χ1n) is 17.0. The highest BCUT2D eigenvalue weighted by Crippen LogP contribution is 2.39. The number of rotatable bonds is 4. The van der Waals surface area contributed by atoms with Crippen LogP contribution in [0, 0.1) is 0 Å². The fraction of sp³-hybridized carbons (Fsp3) is 0. The minimum absolute atomic E-state index is 0.590. The maximum atomic E-state index is 5.24. The summed E-state index contributed by atoms with van der Waals surface area (Å²) in [6, 6.07) is 57.9. The maximum Gasteiger partial charge on any atom is 0.238 e. The van der Waals surface area contributed by atoms with Crippen molar-refractivity contribution in [3.63, 3.8) is 0 Å². The Morgan fingerprint density at radius 2 is 0.902 bits per heavy atom. The van der Waals surface area contributed by atoms with Gasteiger partial charge in [-0.3, -0.25) is 4.57 Å². The van der Waals surface area contributed by atoms with E-state index in [1.54, 1.807) is 0 Å². The molecule has 0 unspecified atom stereocenters. The first-order valence-corrected chi connectivity index (χ1v) is 17.9. The second-order valence-electron chi connectivity index (χ2n) is 12.9. The van der Waals surface area contributed by atoms with Crippen LogP contribution in [0.2, 0.25) is 0 Å². The Bertz CT molecular complexity index is 3100. The summed E-state index contributed by atoms with van der Waals surface area (Å²) >= 11 is 1.84. The summed E-state index contributed by atoms with van der Waals surface area (Å²) < 4.78 is 7.14. The molecule has 0 radical (unpaired) electrons. The molecule has 0 saturated heterocycles. The molecular weight excluding hydrogens is 643 g/mol. The fourth-order valence-electron chi connectivity index (χ4n) is 7.69. The van der Waals surface area contributed by atoms with Gasteiger partial charge in [-0.2, -0.15) is 9.97 Å². The van der Waals surface area contributed by atoms with Gasteiger partial charge in [-0.25, -0.2) is 4.98 Å². The van der Waals surface area contributed by atoms with Crippen molar-refractivity contribution >= 4 is 75.1 Å². The third-order valence-corrected chi connectivity index (χ3v) is 11.1. The zero-order valence-electron chi connectivity index (χ0n) is 27.2. The van der Waals surface area contributed by atoms with Gasteiger partial charge in [-0.15, -0.1) is 11.3 Å². The second kappa shape index (κ2) is 10.9. The molecule has 238 valence electrons. The van der Waals surface area contributed by atoms with Crippen molar-refractivity contribution in [3.05, 3.63) is 164 Å². The predicted molar refractivity (Wildman–Crippen MR) is 212 cm³/mol. The minimum Gasteiger partial charge on any atom is -0.309 e. The molecule has 6 heteroatoms. The van der Waals surface area contributed by atoms with Gasteiger partial charge >= 0.3 is 0 Å². The lowest BCUT2D eigenvalue weighted by molar-refractivity contribution is 0.953. The highest BCUT2D eigenvalue weighted by molar-refractivity contribution is 7.25. The molecule has 7 aromatic carbocycles. The van der Waals surface area contributed by atoms with Gasteiger partial charge in [0.25, 0.3) is 0 Å². The molecule has 0 spiro atoms. The van der Waals surface area contributed by atoms with Crippen molar-refractivity contribution in [1.29, 1.82) is 0 Å². The Hall–Kier alpha value is -6.63. The van der Waals surface area contributed by atoms with Gasteiger partial charge in [-0.05, 0) is 48.5 Å². The third kappa shape index (κ3) is 4.30. The van der Waals surface area contributed by atoms with Crippen LogP contribution < -0.4 is 0 Å². The van der Waals surface area contributed by atoms with Gasteiger partial charge in [0.15, 0.2) is 11.6 Å². The van der Waals surface area contributed by atoms with E-state index in [4.69, 9.17) is 15.0 Å². The Labute approximate surface area is 296 Å². The van der Waals surface area contributed by atoms with E-state index >= 15 is 0 Å². The van der Waals surface area contributed by atoms with Crippen molar-refractivity contribution in [3.8, 4) is 34.4 Å². The van der Waals surface area contributed by atoms with E-state index in [0.29, 0.717) is 17.6 Å². The van der Waals surface area contributed by atoms with E-state index in [2.05, 4.69) is 155 Å². The molecule has 0 saturated carbocycles. The average molecular weight is 670 g/mol. The highest BCUT2D eigenvalue weighted by atomic mass is 32.1. The summed E-state index contributed by atoms with van der Waals surface area (Å²) in [6.07, 6.45) is 0. The highest BCUT2D eigenvalue weighted by Gasteiger charge is 2.19. The minimum atomic E-state index is 0.590. The Balaban J connectivity index is 1.17. The van der Waals surface area contributed by atoms with E-state index in [1.165, 1.54) is 30.9 Å². The lowest BCUT2D eigenvalue weighted by Crippen LogP contribution is -2.06. The molecule has 0 aliphatic heterocycles. The van der Waals surface area contributed by atoms with Crippen LogP contribution in [0.1, 0.15) is 0 Å². The van der Waals surface area contributed by atoms with Crippen LogP contribution in [0.3, 0.4) is 0 Å². The van der Waals surface area contributed by atoms with Gasteiger partial charge in [0.1, 0.15) is 0 Å². The molecule has 11 rings (SSSR count). The summed E-state index contributed by atoms with van der Waals surface area (Å²) in [7, 11) is 0. The average Bonchev–Trinajstić information content (AvgIpc) is 3.85. The van der Waals surface area contributed by atoms with Crippen LogP contribution in [0.4, 0.5) is 0 Å². The van der Waals surface area contributed by atoms with Gasteiger partial charge in [0.05, 0.1) is 22.1 Å². The Morgan fingerprint density at radius 1 is 0.353 bits per heavy atom.